The Labute approximate surface area is 234 Å². The van der Waals surface area contributed by atoms with Gasteiger partial charge in [0.15, 0.2) is 6.10 Å². The van der Waals surface area contributed by atoms with Gasteiger partial charge in [-0.05, 0) is 69.0 Å². The molecule has 2 fully saturated rings. The third-order valence-electron chi connectivity index (χ3n) is 7.08. The molecule has 1 aliphatic heterocycles. The Bertz CT molecular complexity index is 1650. The first-order chi connectivity index (χ1) is 19.2. The van der Waals surface area contributed by atoms with Crippen LogP contribution in [-0.2, 0) is 16.1 Å². The minimum atomic E-state index is -0.916. The van der Waals surface area contributed by atoms with E-state index < -0.39 is 18.0 Å². The Hall–Kier alpha value is -4.14. The van der Waals surface area contributed by atoms with Crippen molar-refractivity contribution in [1.29, 1.82) is 5.26 Å². The number of nitrogens with one attached hydrogen (secondary N) is 2. The van der Waals surface area contributed by atoms with Gasteiger partial charge in [-0.1, -0.05) is 11.6 Å². The molecule has 208 valence electrons. The molecule has 0 spiro atoms. The van der Waals surface area contributed by atoms with Gasteiger partial charge in [-0.25, -0.2) is 9.59 Å². The van der Waals surface area contributed by atoms with Crippen LogP contribution in [0.25, 0.3) is 10.9 Å². The zero-order valence-corrected chi connectivity index (χ0v) is 22.9. The number of ether oxygens (including phenoxy) is 1. The number of hydrogen-bond acceptors (Lipinski definition) is 6. The number of carbonyl (C=O) groups is 2. The van der Waals surface area contributed by atoms with Crippen LogP contribution >= 0.6 is 11.6 Å². The molecular formula is C28H29ClN6O5. The summed E-state index contributed by atoms with van der Waals surface area (Å²) in [4.78, 5) is 53.8. The van der Waals surface area contributed by atoms with Crippen LogP contribution in [0.1, 0.15) is 38.3 Å². The van der Waals surface area contributed by atoms with Crippen molar-refractivity contribution in [2.75, 3.05) is 30.3 Å². The van der Waals surface area contributed by atoms with Crippen molar-refractivity contribution < 1.29 is 14.3 Å². The van der Waals surface area contributed by atoms with Gasteiger partial charge in [0.2, 0.25) is 0 Å². The maximum absolute atomic E-state index is 13.3. The topological polar surface area (TPSA) is 138 Å². The summed E-state index contributed by atoms with van der Waals surface area (Å²) in [6.07, 6.45) is 1.09. The first-order valence-corrected chi connectivity index (χ1v) is 13.5. The van der Waals surface area contributed by atoms with Crippen molar-refractivity contribution in [3.63, 3.8) is 0 Å². The lowest BCUT2D eigenvalue weighted by Gasteiger charge is -2.32. The van der Waals surface area contributed by atoms with E-state index in [1.807, 2.05) is 19.9 Å². The molecule has 0 bridgehead atoms. The number of fused-ring (bicyclic) bond motifs is 1. The standard InChI is InChI=1S/C28H29ClN6O5/c1-16(2)35-23-8-7-19(11-21(23)26(37)34(28(35)39)14-17-3-4-17)32-27(38)33-9-10-40-24(15-33)25(36)31-20-6-5-18(13-30)22(29)12-20/h5-8,11-12,16-17,24H,3-4,9-10,14-15H2,1-2H3,(H,31,36)(H,32,38). The lowest BCUT2D eigenvalue weighted by atomic mass is 10.2. The Morgan fingerprint density at radius 1 is 1.12 bits per heavy atom. The number of benzene rings is 2. The number of hydrogen-bond donors (Lipinski definition) is 2. The van der Waals surface area contributed by atoms with Gasteiger partial charge in [-0.2, -0.15) is 5.26 Å². The summed E-state index contributed by atoms with van der Waals surface area (Å²) >= 11 is 6.05. The molecule has 12 heteroatoms. The normalized spacial score (nSPS) is 17.1. The van der Waals surface area contributed by atoms with E-state index in [1.54, 1.807) is 28.8 Å². The van der Waals surface area contributed by atoms with E-state index in [9.17, 15) is 19.2 Å². The summed E-state index contributed by atoms with van der Waals surface area (Å²) in [6, 6.07) is 10.8. The zero-order valence-electron chi connectivity index (χ0n) is 22.1. The van der Waals surface area contributed by atoms with Crippen LogP contribution < -0.4 is 21.9 Å². The first-order valence-electron chi connectivity index (χ1n) is 13.1. The van der Waals surface area contributed by atoms with E-state index in [4.69, 9.17) is 21.6 Å². The molecule has 2 aromatic carbocycles. The predicted octanol–water partition coefficient (Wildman–Crippen LogP) is 3.55. The highest BCUT2D eigenvalue weighted by Crippen LogP contribution is 2.30. The largest absolute Gasteiger partial charge is 0.365 e. The number of morpholine rings is 1. The molecule has 11 nitrogen and oxygen atoms in total. The second-order valence-electron chi connectivity index (χ2n) is 10.4. The number of anilines is 2. The van der Waals surface area contributed by atoms with Gasteiger partial charge in [0, 0.05) is 30.5 Å². The van der Waals surface area contributed by atoms with Crippen molar-refractivity contribution in [1.82, 2.24) is 14.0 Å². The Balaban J connectivity index is 1.32. The second kappa shape index (κ2) is 11.2. The van der Waals surface area contributed by atoms with Crippen molar-refractivity contribution in [3.05, 3.63) is 67.8 Å². The van der Waals surface area contributed by atoms with E-state index in [1.165, 1.54) is 21.6 Å². The van der Waals surface area contributed by atoms with Gasteiger partial charge in [0.1, 0.15) is 6.07 Å². The molecule has 1 unspecified atom stereocenters. The maximum atomic E-state index is 13.3. The lowest BCUT2D eigenvalue weighted by Crippen LogP contribution is -2.51. The molecule has 2 aliphatic rings. The molecule has 1 atom stereocenters. The first kappa shape index (κ1) is 27.4. The van der Waals surface area contributed by atoms with Crippen LogP contribution in [0.4, 0.5) is 16.2 Å². The van der Waals surface area contributed by atoms with E-state index in [0.29, 0.717) is 40.3 Å². The zero-order chi connectivity index (χ0) is 28.6. The van der Waals surface area contributed by atoms with Crippen LogP contribution in [-0.4, -0.2) is 51.8 Å². The highest BCUT2D eigenvalue weighted by atomic mass is 35.5. The van der Waals surface area contributed by atoms with Gasteiger partial charge in [0.25, 0.3) is 11.5 Å². The summed E-state index contributed by atoms with van der Waals surface area (Å²) in [5.41, 5.74) is 0.923. The summed E-state index contributed by atoms with van der Waals surface area (Å²) in [5.74, 6) is -0.112. The van der Waals surface area contributed by atoms with Crippen LogP contribution in [0.2, 0.25) is 5.02 Å². The van der Waals surface area contributed by atoms with Gasteiger partial charge < -0.3 is 20.3 Å². The summed E-state index contributed by atoms with van der Waals surface area (Å²) < 4.78 is 8.50. The average Bonchev–Trinajstić information content (AvgIpc) is 3.76. The third-order valence-corrected chi connectivity index (χ3v) is 7.39. The molecule has 3 amide bonds. The molecule has 5 rings (SSSR count). The monoisotopic (exact) mass is 564 g/mol. The van der Waals surface area contributed by atoms with Crippen LogP contribution in [0, 0.1) is 17.2 Å². The minimum Gasteiger partial charge on any atom is -0.365 e. The molecule has 2 N–H and O–H groups in total. The van der Waals surface area contributed by atoms with Crippen molar-refractivity contribution in [2.45, 2.75) is 45.4 Å². The van der Waals surface area contributed by atoms with Crippen molar-refractivity contribution >= 4 is 45.8 Å². The lowest BCUT2D eigenvalue weighted by molar-refractivity contribution is -0.131. The van der Waals surface area contributed by atoms with Crippen molar-refractivity contribution in [2.24, 2.45) is 5.92 Å². The average molecular weight is 565 g/mol. The second-order valence-corrected chi connectivity index (χ2v) is 10.8. The van der Waals surface area contributed by atoms with Crippen LogP contribution in [0.15, 0.2) is 46.0 Å². The Kier molecular flexibility index (Phi) is 7.65. The van der Waals surface area contributed by atoms with Gasteiger partial charge in [0.05, 0.1) is 34.6 Å². The van der Waals surface area contributed by atoms with Crippen molar-refractivity contribution in [3.8, 4) is 6.07 Å². The van der Waals surface area contributed by atoms with E-state index >= 15 is 0 Å². The number of carbonyl (C=O) groups excluding carboxylic acids is 2. The quantitative estimate of drug-likeness (QED) is 0.469. The van der Waals surface area contributed by atoms with Gasteiger partial charge in [-0.15, -0.1) is 0 Å². The number of nitriles is 1. The molecule has 0 radical (unpaired) electrons. The van der Waals surface area contributed by atoms with Gasteiger partial charge in [-0.3, -0.25) is 18.7 Å². The van der Waals surface area contributed by atoms with E-state index in [-0.39, 0.29) is 42.0 Å². The van der Waals surface area contributed by atoms with Gasteiger partial charge >= 0.3 is 11.7 Å². The predicted molar refractivity (Wildman–Crippen MR) is 151 cm³/mol. The summed E-state index contributed by atoms with van der Waals surface area (Å²) in [6.45, 7) is 4.61. The van der Waals surface area contributed by atoms with E-state index in [0.717, 1.165) is 12.8 Å². The number of aromatic nitrogens is 2. The maximum Gasteiger partial charge on any atom is 0.331 e. The molecule has 1 aliphatic carbocycles. The Morgan fingerprint density at radius 3 is 2.52 bits per heavy atom. The molecule has 1 saturated heterocycles. The fourth-order valence-electron chi connectivity index (χ4n) is 4.78. The summed E-state index contributed by atoms with van der Waals surface area (Å²) in [5, 5.41) is 15.1. The molecule has 1 saturated carbocycles. The van der Waals surface area contributed by atoms with Crippen LogP contribution in [0.3, 0.4) is 0 Å². The fourth-order valence-corrected chi connectivity index (χ4v) is 5.00. The highest BCUT2D eigenvalue weighted by Gasteiger charge is 2.30. The number of nitrogens with zero attached hydrogens (tertiary/aromatic N) is 4. The molecule has 3 aromatic rings. The Morgan fingerprint density at radius 2 is 1.85 bits per heavy atom. The number of amides is 3. The molecule has 40 heavy (non-hydrogen) atoms. The highest BCUT2D eigenvalue weighted by molar-refractivity contribution is 6.32. The fraction of sp³-hybridized carbons (Fsp3) is 0.393. The summed E-state index contributed by atoms with van der Waals surface area (Å²) in [7, 11) is 0. The number of rotatable bonds is 6. The molecular weight excluding hydrogens is 536 g/mol. The smallest absolute Gasteiger partial charge is 0.331 e. The molecule has 1 aromatic heterocycles. The number of urea groups is 1. The number of halogens is 1. The molecule has 2 heterocycles. The minimum absolute atomic E-state index is 0.0103. The van der Waals surface area contributed by atoms with Crippen LogP contribution in [0.5, 0.6) is 0 Å². The third kappa shape index (κ3) is 5.59. The van der Waals surface area contributed by atoms with E-state index in [2.05, 4.69) is 10.6 Å². The SMILES string of the molecule is CC(C)n1c(=O)n(CC2CC2)c(=O)c2cc(NC(=O)N3CCOC(C(=O)Nc4ccc(C#N)c(Cl)c4)C3)ccc21.